The van der Waals surface area contributed by atoms with Crippen LogP contribution in [0.25, 0.3) is 0 Å². The Morgan fingerprint density at radius 3 is 2.47 bits per heavy atom. The zero-order chi connectivity index (χ0) is 13.3. The first kappa shape index (κ1) is 14.2. The largest absolute Gasteiger partial charge is 0.499 e. The van der Waals surface area contributed by atoms with Gasteiger partial charge in [-0.15, -0.1) is 0 Å². The van der Waals surface area contributed by atoms with Crippen molar-refractivity contribution in [1.29, 1.82) is 0 Å². The molecule has 0 bridgehead atoms. The quantitative estimate of drug-likeness (QED) is 0.784. The minimum absolute atomic E-state index is 0.106. The first-order chi connectivity index (χ1) is 7.67. The van der Waals surface area contributed by atoms with Crippen LogP contribution in [0.4, 0.5) is 0 Å². The molecular formula is C12H23NO3Si. The summed E-state index contributed by atoms with van der Waals surface area (Å²) >= 11 is 0. The molecule has 0 aromatic carbocycles. The lowest BCUT2D eigenvalue weighted by molar-refractivity contribution is -0.116. The molecule has 0 spiro atoms. The Balaban J connectivity index is 2.58. The van der Waals surface area contributed by atoms with E-state index in [9.17, 15) is 4.79 Å². The van der Waals surface area contributed by atoms with Crippen LogP contribution >= 0.6 is 0 Å². The Hall–Kier alpha value is -0.813. The fourth-order valence-electron chi connectivity index (χ4n) is 1.35. The van der Waals surface area contributed by atoms with Crippen LogP contribution in [0, 0.1) is 0 Å². The molecule has 1 atom stereocenters. The second kappa shape index (κ2) is 4.82. The van der Waals surface area contributed by atoms with Crippen molar-refractivity contribution in [2.75, 3.05) is 13.7 Å². The number of hydrogen-bond acceptors (Lipinski definition) is 3. The maximum atomic E-state index is 11.2. The van der Waals surface area contributed by atoms with Crippen molar-refractivity contribution in [3.8, 4) is 0 Å². The van der Waals surface area contributed by atoms with Crippen molar-refractivity contribution >= 4 is 14.2 Å². The predicted octanol–water partition coefficient (Wildman–Crippen LogP) is 2.04. The van der Waals surface area contributed by atoms with E-state index in [-0.39, 0.29) is 17.0 Å². The fourth-order valence-corrected chi connectivity index (χ4v) is 2.36. The minimum Gasteiger partial charge on any atom is -0.499 e. The summed E-state index contributed by atoms with van der Waals surface area (Å²) in [6.07, 6.45) is 1.49. The summed E-state index contributed by atoms with van der Waals surface area (Å²) in [5, 5.41) is 2.99. The van der Waals surface area contributed by atoms with Gasteiger partial charge in [0.15, 0.2) is 8.32 Å². The highest BCUT2D eigenvalue weighted by atomic mass is 28.4. The molecule has 0 aromatic heterocycles. The molecule has 0 fully saturated rings. The van der Waals surface area contributed by atoms with E-state index in [1.165, 1.54) is 6.08 Å². The minimum atomic E-state index is -1.77. The number of nitrogens with one attached hydrogen (secondary N) is 1. The molecule has 0 unspecified atom stereocenters. The summed E-state index contributed by atoms with van der Waals surface area (Å²) in [5.41, 5.74) is 0. The number of carbonyl (C=O) groups excluding carboxylic acids is 1. The zero-order valence-electron chi connectivity index (χ0n) is 11.6. The van der Waals surface area contributed by atoms with Crippen LogP contribution in [0.1, 0.15) is 20.8 Å². The smallest absolute Gasteiger partial charge is 0.248 e. The molecule has 1 aliphatic heterocycles. The summed E-state index contributed by atoms with van der Waals surface area (Å²) in [5.74, 6) is 0.555. The van der Waals surface area contributed by atoms with E-state index in [4.69, 9.17) is 9.16 Å². The van der Waals surface area contributed by atoms with Gasteiger partial charge in [-0.05, 0) is 18.1 Å². The molecule has 0 saturated carbocycles. The van der Waals surface area contributed by atoms with Gasteiger partial charge in [0, 0.05) is 6.08 Å². The molecule has 1 rings (SSSR count). The second-order valence-corrected chi connectivity index (χ2v) is 10.7. The van der Waals surface area contributed by atoms with Gasteiger partial charge in [0.1, 0.15) is 11.8 Å². The lowest BCUT2D eigenvalue weighted by Gasteiger charge is -2.37. The van der Waals surface area contributed by atoms with Crippen LogP contribution in [-0.4, -0.2) is 34.0 Å². The average Bonchev–Trinajstić information content (AvgIpc) is 2.54. The number of amides is 1. The van der Waals surface area contributed by atoms with E-state index >= 15 is 0 Å². The Morgan fingerprint density at radius 1 is 1.41 bits per heavy atom. The summed E-state index contributed by atoms with van der Waals surface area (Å²) in [6, 6.07) is -0.137. The van der Waals surface area contributed by atoms with Gasteiger partial charge in [-0.3, -0.25) is 4.79 Å². The van der Waals surface area contributed by atoms with Gasteiger partial charge in [-0.2, -0.15) is 0 Å². The van der Waals surface area contributed by atoms with Gasteiger partial charge in [-0.1, -0.05) is 20.8 Å². The van der Waals surface area contributed by atoms with Crippen LogP contribution in [-0.2, 0) is 14.0 Å². The van der Waals surface area contributed by atoms with Crippen LogP contribution in [0.2, 0.25) is 18.1 Å². The molecule has 0 radical (unpaired) electrons. The molecule has 1 heterocycles. The molecule has 0 aliphatic carbocycles. The molecule has 1 aliphatic rings. The van der Waals surface area contributed by atoms with Gasteiger partial charge in [0.25, 0.3) is 0 Å². The van der Waals surface area contributed by atoms with Crippen LogP contribution < -0.4 is 5.32 Å². The molecule has 17 heavy (non-hydrogen) atoms. The third-order valence-electron chi connectivity index (χ3n) is 3.59. The molecule has 98 valence electrons. The van der Waals surface area contributed by atoms with Crippen molar-refractivity contribution in [2.24, 2.45) is 0 Å². The van der Waals surface area contributed by atoms with Gasteiger partial charge in [-0.25, -0.2) is 0 Å². The van der Waals surface area contributed by atoms with Crippen LogP contribution in [0.5, 0.6) is 0 Å². The predicted molar refractivity (Wildman–Crippen MR) is 70.2 cm³/mol. The van der Waals surface area contributed by atoms with E-state index in [1.807, 2.05) is 0 Å². The van der Waals surface area contributed by atoms with Crippen molar-refractivity contribution < 1.29 is 14.0 Å². The normalized spacial score (nSPS) is 21.2. The number of hydrogen-bond donors (Lipinski definition) is 1. The van der Waals surface area contributed by atoms with Crippen molar-refractivity contribution in [2.45, 2.75) is 44.9 Å². The zero-order valence-corrected chi connectivity index (χ0v) is 12.6. The Kier molecular flexibility index (Phi) is 4.04. The number of carbonyl (C=O) groups is 1. The van der Waals surface area contributed by atoms with Gasteiger partial charge in [0.05, 0.1) is 13.7 Å². The third kappa shape index (κ3) is 3.32. The topological polar surface area (TPSA) is 47.6 Å². The van der Waals surface area contributed by atoms with Crippen molar-refractivity contribution in [3.63, 3.8) is 0 Å². The van der Waals surface area contributed by atoms with Gasteiger partial charge >= 0.3 is 0 Å². The highest BCUT2D eigenvalue weighted by Gasteiger charge is 2.38. The molecule has 0 saturated heterocycles. The van der Waals surface area contributed by atoms with Crippen LogP contribution in [0.15, 0.2) is 11.8 Å². The molecule has 0 aromatic rings. The summed E-state index contributed by atoms with van der Waals surface area (Å²) in [7, 11) is -0.196. The van der Waals surface area contributed by atoms with E-state index < -0.39 is 8.32 Å². The van der Waals surface area contributed by atoms with E-state index in [0.29, 0.717) is 12.4 Å². The summed E-state index contributed by atoms with van der Waals surface area (Å²) in [4.78, 5) is 11.2. The van der Waals surface area contributed by atoms with Crippen molar-refractivity contribution in [3.05, 3.63) is 11.8 Å². The number of rotatable bonds is 4. The number of methoxy groups -OCH3 is 1. The molecule has 1 N–H and O–H groups in total. The lowest BCUT2D eigenvalue weighted by atomic mass is 10.2. The Morgan fingerprint density at radius 2 is 2.00 bits per heavy atom. The molecular weight excluding hydrogens is 234 g/mol. The summed E-state index contributed by atoms with van der Waals surface area (Å²) < 4.78 is 11.2. The first-order valence-corrected chi connectivity index (χ1v) is 8.78. The van der Waals surface area contributed by atoms with Crippen molar-refractivity contribution in [1.82, 2.24) is 5.32 Å². The third-order valence-corrected chi connectivity index (χ3v) is 8.09. The van der Waals surface area contributed by atoms with Gasteiger partial charge < -0.3 is 14.5 Å². The highest BCUT2D eigenvalue weighted by Crippen LogP contribution is 2.36. The Labute approximate surface area is 105 Å². The highest BCUT2D eigenvalue weighted by molar-refractivity contribution is 6.74. The maximum absolute atomic E-state index is 11.2. The summed E-state index contributed by atoms with van der Waals surface area (Å²) in [6.45, 7) is 11.5. The lowest BCUT2D eigenvalue weighted by Crippen LogP contribution is -2.45. The first-order valence-electron chi connectivity index (χ1n) is 5.87. The number of ether oxygens (including phenoxy) is 1. The SMILES string of the molecule is COC1=CC(=O)N[C@@H]1CO[Si](C)(C)C(C)(C)C. The second-order valence-electron chi connectivity index (χ2n) is 5.88. The molecule has 1 amide bonds. The van der Waals surface area contributed by atoms with Gasteiger partial charge in [0.2, 0.25) is 5.91 Å². The van der Waals surface area contributed by atoms with E-state index in [2.05, 4.69) is 39.2 Å². The fraction of sp³-hybridized carbons (Fsp3) is 0.750. The standard InChI is InChI=1S/C12H23NO3Si/c1-12(2,3)17(5,6)16-8-9-10(15-4)7-11(14)13-9/h7,9H,8H2,1-6H3,(H,13,14)/t9-/m1/s1. The Bertz CT molecular complexity index is 331. The average molecular weight is 257 g/mol. The molecule has 4 nitrogen and oxygen atoms in total. The monoisotopic (exact) mass is 257 g/mol. The maximum Gasteiger partial charge on any atom is 0.248 e. The molecule has 5 heteroatoms. The van der Waals surface area contributed by atoms with Crippen LogP contribution in [0.3, 0.4) is 0 Å². The van der Waals surface area contributed by atoms with E-state index in [0.717, 1.165) is 0 Å². The van der Waals surface area contributed by atoms with E-state index in [1.54, 1.807) is 7.11 Å².